The second-order valence-electron chi connectivity index (χ2n) is 5.71. The van der Waals surface area contributed by atoms with E-state index in [9.17, 15) is 14.0 Å². The minimum atomic E-state index is -0.540. The third-order valence-electron chi connectivity index (χ3n) is 4.11. The van der Waals surface area contributed by atoms with Gasteiger partial charge in [-0.25, -0.2) is 4.39 Å². The van der Waals surface area contributed by atoms with E-state index in [1.165, 1.54) is 17.0 Å². The first-order valence-electron chi connectivity index (χ1n) is 7.75. The number of hydrogen-bond acceptors (Lipinski definition) is 3. The van der Waals surface area contributed by atoms with Crippen LogP contribution in [-0.4, -0.2) is 17.9 Å². The van der Waals surface area contributed by atoms with E-state index in [-0.39, 0.29) is 24.0 Å². The molecule has 1 heterocycles. The molecule has 5 nitrogen and oxygen atoms in total. The lowest BCUT2D eigenvalue weighted by atomic mass is 10.1. The van der Waals surface area contributed by atoms with Crippen LogP contribution >= 0.6 is 0 Å². The van der Waals surface area contributed by atoms with E-state index in [2.05, 4.69) is 5.32 Å². The Morgan fingerprint density at radius 3 is 2.71 bits per heavy atom. The first-order valence-corrected chi connectivity index (χ1v) is 7.75. The molecule has 6 heteroatoms. The zero-order chi connectivity index (χ0) is 17.1. The van der Waals surface area contributed by atoms with Crippen molar-refractivity contribution in [2.75, 3.05) is 10.6 Å². The highest BCUT2D eigenvalue weighted by atomic mass is 19.1. The Balaban J connectivity index is 1.71. The van der Waals surface area contributed by atoms with Crippen LogP contribution in [0.15, 0.2) is 48.5 Å². The number of nitrogens with one attached hydrogen (secondary N) is 1. The van der Waals surface area contributed by atoms with E-state index in [1.54, 1.807) is 6.07 Å². The molecule has 2 aromatic carbocycles. The molecule has 0 radical (unpaired) electrons. The summed E-state index contributed by atoms with van der Waals surface area (Å²) in [5.41, 5.74) is 7.38. The van der Waals surface area contributed by atoms with Crippen molar-refractivity contribution >= 4 is 23.2 Å². The van der Waals surface area contributed by atoms with Crippen LogP contribution in [0.2, 0.25) is 0 Å². The number of rotatable bonds is 4. The van der Waals surface area contributed by atoms with Gasteiger partial charge in [-0.3, -0.25) is 14.5 Å². The predicted molar refractivity (Wildman–Crippen MR) is 89.6 cm³/mol. The van der Waals surface area contributed by atoms with Crippen molar-refractivity contribution < 1.29 is 14.0 Å². The lowest BCUT2D eigenvalue weighted by molar-refractivity contribution is -0.124. The Labute approximate surface area is 139 Å². The number of hydrogen-bond donors (Lipinski definition) is 2. The molecule has 1 aliphatic rings. The fourth-order valence-corrected chi connectivity index (χ4v) is 2.87. The van der Waals surface area contributed by atoms with E-state index in [1.807, 2.05) is 30.3 Å². The van der Waals surface area contributed by atoms with Crippen LogP contribution in [0.3, 0.4) is 0 Å². The molecule has 1 unspecified atom stereocenters. The van der Waals surface area contributed by atoms with Crippen molar-refractivity contribution in [3.63, 3.8) is 0 Å². The number of carbonyl (C=O) groups excluding carboxylic acids is 2. The molecular weight excluding hydrogens is 309 g/mol. The molecule has 24 heavy (non-hydrogen) atoms. The van der Waals surface area contributed by atoms with Crippen LogP contribution in [0.1, 0.15) is 18.4 Å². The lowest BCUT2D eigenvalue weighted by Gasteiger charge is -2.24. The molecule has 3 rings (SSSR count). The van der Waals surface area contributed by atoms with E-state index >= 15 is 0 Å². The van der Waals surface area contributed by atoms with E-state index in [0.29, 0.717) is 24.1 Å². The van der Waals surface area contributed by atoms with Crippen LogP contribution in [0, 0.1) is 5.82 Å². The number of nitrogen functional groups attached to an aromatic ring is 1. The summed E-state index contributed by atoms with van der Waals surface area (Å²) in [4.78, 5) is 26.2. The number of nitrogens with two attached hydrogens (primary N) is 1. The van der Waals surface area contributed by atoms with Gasteiger partial charge in [-0.2, -0.15) is 0 Å². The van der Waals surface area contributed by atoms with E-state index < -0.39 is 11.9 Å². The van der Waals surface area contributed by atoms with Crippen molar-refractivity contribution in [1.82, 2.24) is 5.32 Å². The van der Waals surface area contributed by atoms with E-state index in [0.717, 1.165) is 0 Å². The quantitative estimate of drug-likeness (QED) is 0.846. The molecule has 0 bridgehead atoms. The van der Waals surface area contributed by atoms with Crippen LogP contribution in [-0.2, 0) is 16.1 Å². The van der Waals surface area contributed by atoms with E-state index in [4.69, 9.17) is 5.73 Å². The maximum Gasteiger partial charge on any atom is 0.243 e. The highest BCUT2D eigenvalue weighted by Gasteiger charge is 2.36. The normalized spacial score (nSPS) is 17.1. The molecule has 1 fully saturated rings. The fraction of sp³-hybridized carbons (Fsp3) is 0.222. The average Bonchev–Trinajstić information content (AvgIpc) is 2.96. The summed E-state index contributed by atoms with van der Waals surface area (Å²) in [6.45, 7) is 0.193. The van der Waals surface area contributed by atoms with Crippen LogP contribution in [0.25, 0.3) is 0 Å². The van der Waals surface area contributed by atoms with Gasteiger partial charge in [0, 0.05) is 24.3 Å². The zero-order valence-electron chi connectivity index (χ0n) is 13.0. The van der Waals surface area contributed by atoms with Gasteiger partial charge in [0.05, 0.1) is 0 Å². The lowest BCUT2D eigenvalue weighted by Crippen LogP contribution is -2.44. The van der Waals surface area contributed by atoms with Crippen LogP contribution in [0.4, 0.5) is 15.8 Å². The molecular formula is C18H18FN3O2. The Morgan fingerprint density at radius 1 is 1.25 bits per heavy atom. The highest BCUT2D eigenvalue weighted by Crippen LogP contribution is 2.26. The first kappa shape index (κ1) is 16.0. The average molecular weight is 327 g/mol. The van der Waals surface area contributed by atoms with Gasteiger partial charge in [0.15, 0.2) is 0 Å². The Bertz CT molecular complexity index is 764. The van der Waals surface area contributed by atoms with Gasteiger partial charge >= 0.3 is 0 Å². The van der Waals surface area contributed by atoms with Crippen molar-refractivity contribution in [3.8, 4) is 0 Å². The van der Waals surface area contributed by atoms with Crippen molar-refractivity contribution in [2.24, 2.45) is 0 Å². The summed E-state index contributed by atoms with van der Waals surface area (Å²) in [6.07, 6.45) is 0.810. The minimum Gasteiger partial charge on any atom is -0.398 e. The van der Waals surface area contributed by atoms with Gasteiger partial charge in [0.25, 0.3) is 0 Å². The minimum absolute atomic E-state index is 0.0670. The number of carbonyl (C=O) groups is 2. The molecule has 0 spiro atoms. The maximum absolute atomic E-state index is 13.1. The standard InChI is InChI=1S/C18H18FN3O2/c19-13-7-6-12(15(20)10-13)11-21-18(24)16-8-9-17(23)22(16)14-4-2-1-3-5-14/h1-7,10,16H,8-9,11,20H2,(H,21,24). The number of anilines is 2. The SMILES string of the molecule is Nc1cc(F)ccc1CNC(=O)C1CCC(=O)N1c1ccccc1. The van der Waals surface area contributed by atoms with Crippen molar-refractivity contribution in [3.05, 3.63) is 59.9 Å². The fourth-order valence-electron chi connectivity index (χ4n) is 2.87. The Hall–Kier alpha value is -2.89. The molecule has 2 amide bonds. The van der Waals surface area contributed by atoms with Gasteiger partial charge in [-0.05, 0) is 36.2 Å². The van der Waals surface area contributed by atoms with Gasteiger partial charge in [-0.1, -0.05) is 24.3 Å². The number of halogens is 1. The highest BCUT2D eigenvalue weighted by molar-refractivity contribution is 6.03. The Morgan fingerprint density at radius 2 is 2.00 bits per heavy atom. The third-order valence-corrected chi connectivity index (χ3v) is 4.11. The van der Waals surface area contributed by atoms with Crippen LogP contribution < -0.4 is 16.0 Å². The first-order chi connectivity index (χ1) is 11.6. The van der Waals surface area contributed by atoms with Gasteiger partial charge in [0.2, 0.25) is 11.8 Å². The van der Waals surface area contributed by atoms with Crippen molar-refractivity contribution in [2.45, 2.75) is 25.4 Å². The summed E-state index contributed by atoms with van der Waals surface area (Å²) in [7, 11) is 0. The predicted octanol–water partition coefficient (Wildman–Crippen LogP) is 2.22. The molecule has 0 aliphatic carbocycles. The largest absolute Gasteiger partial charge is 0.398 e. The third kappa shape index (κ3) is 3.22. The molecule has 1 aliphatic heterocycles. The summed E-state index contributed by atoms with van der Waals surface area (Å²) in [5, 5.41) is 2.79. The topological polar surface area (TPSA) is 75.4 Å². The van der Waals surface area contributed by atoms with Crippen molar-refractivity contribution in [1.29, 1.82) is 0 Å². The molecule has 1 saturated heterocycles. The van der Waals surface area contributed by atoms with Gasteiger partial charge in [-0.15, -0.1) is 0 Å². The molecule has 1 atom stereocenters. The van der Waals surface area contributed by atoms with Gasteiger partial charge in [0.1, 0.15) is 11.9 Å². The van der Waals surface area contributed by atoms with Crippen LogP contribution in [0.5, 0.6) is 0 Å². The Kier molecular flexibility index (Phi) is 4.46. The number of para-hydroxylation sites is 1. The second-order valence-corrected chi connectivity index (χ2v) is 5.71. The second kappa shape index (κ2) is 6.70. The molecule has 2 aromatic rings. The number of benzene rings is 2. The van der Waals surface area contributed by atoms with Gasteiger partial charge < -0.3 is 11.1 Å². The summed E-state index contributed by atoms with van der Waals surface area (Å²) >= 11 is 0. The molecule has 0 saturated carbocycles. The number of nitrogens with zero attached hydrogens (tertiary/aromatic N) is 1. The smallest absolute Gasteiger partial charge is 0.243 e. The summed E-state index contributed by atoms with van der Waals surface area (Å²) in [5.74, 6) is -0.727. The zero-order valence-corrected chi connectivity index (χ0v) is 13.0. The molecule has 124 valence electrons. The summed E-state index contributed by atoms with van der Waals surface area (Å²) < 4.78 is 13.1. The number of amides is 2. The summed E-state index contributed by atoms with van der Waals surface area (Å²) in [6, 6.07) is 12.6. The monoisotopic (exact) mass is 327 g/mol. The molecule has 3 N–H and O–H groups in total. The molecule has 0 aromatic heterocycles. The maximum atomic E-state index is 13.1.